The fraction of sp³-hybridized carbons (Fsp3) is 0.600. The van der Waals surface area contributed by atoms with E-state index in [0.29, 0.717) is 5.92 Å². The Morgan fingerprint density at radius 2 is 2.15 bits per heavy atom. The summed E-state index contributed by atoms with van der Waals surface area (Å²) in [6, 6.07) is 1.94. The molecule has 1 aliphatic rings. The molecule has 1 aliphatic carbocycles. The fourth-order valence-corrected chi connectivity index (χ4v) is 3.03. The summed E-state index contributed by atoms with van der Waals surface area (Å²) in [5.41, 5.74) is 0.929. The average Bonchev–Trinajstić information content (AvgIpc) is 2.72. The zero-order chi connectivity index (χ0) is 9.26. The molecule has 0 amide bonds. The predicted octanol–water partition coefficient (Wildman–Crippen LogP) is 3.63. The van der Waals surface area contributed by atoms with Gasteiger partial charge in [0.2, 0.25) is 0 Å². The first kappa shape index (κ1) is 9.50. The molecular weight excluding hydrogens is 204 g/mol. The van der Waals surface area contributed by atoms with Crippen LogP contribution in [-0.2, 0) is 0 Å². The van der Waals surface area contributed by atoms with Gasteiger partial charge < -0.3 is 5.11 Å². The van der Waals surface area contributed by atoms with Crippen molar-refractivity contribution < 1.29 is 5.11 Å². The third kappa shape index (κ3) is 1.90. The number of thiophene rings is 1. The molecular formula is C10H13ClOS. The highest BCUT2D eigenvalue weighted by atomic mass is 35.5. The van der Waals surface area contributed by atoms with E-state index in [-0.39, 0.29) is 6.10 Å². The molecule has 1 fully saturated rings. The summed E-state index contributed by atoms with van der Waals surface area (Å²) >= 11 is 7.47. The standard InChI is InChI=1S/C10H13ClOS/c11-10-8(5-6-13-10)9(12)7-3-1-2-4-7/h5-7,9,12H,1-4H2. The molecule has 1 aromatic rings. The normalized spacial score (nSPS) is 20.8. The predicted molar refractivity (Wildman–Crippen MR) is 56.2 cm³/mol. The lowest BCUT2D eigenvalue weighted by Crippen LogP contribution is -2.08. The van der Waals surface area contributed by atoms with Crippen LogP contribution in [0.3, 0.4) is 0 Å². The second-order valence-electron chi connectivity index (χ2n) is 3.64. The van der Waals surface area contributed by atoms with Crippen LogP contribution in [0, 0.1) is 5.92 Å². The Hall–Kier alpha value is -0.0500. The molecule has 0 aromatic carbocycles. The molecule has 13 heavy (non-hydrogen) atoms. The monoisotopic (exact) mass is 216 g/mol. The van der Waals surface area contributed by atoms with Gasteiger partial charge in [-0.15, -0.1) is 11.3 Å². The van der Waals surface area contributed by atoms with Crippen LogP contribution < -0.4 is 0 Å². The van der Waals surface area contributed by atoms with E-state index in [4.69, 9.17) is 11.6 Å². The molecule has 72 valence electrons. The van der Waals surface area contributed by atoms with E-state index in [1.54, 1.807) is 0 Å². The lowest BCUT2D eigenvalue weighted by atomic mass is 9.96. The quantitative estimate of drug-likeness (QED) is 0.801. The molecule has 1 unspecified atom stereocenters. The first-order chi connectivity index (χ1) is 6.29. The average molecular weight is 217 g/mol. The van der Waals surface area contributed by atoms with Crippen LogP contribution in [0.1, 0.15) is 37.4 Å². The van der Waals surface area contributed by atoms with E-state index in [1.165, 1.54) is 24.2 Å². The second-order valence-corrected chi connectivity index (χ2v) is 5.16. The largest absolute Gasteiger partial charge is 0.388 e. The van der Waals surface area contributed by atoms with Crippen LogP contribution in [0.2, 0.25) is 4.34 Å². The summed E-state index contributed by atoms with van der Waals surface area (Å²) in [4.78, 5) is 0. The number of aliphatic hydroxyl groups is 1. The minimum atomic E-state index is -0.332. The summed E-state index contributed by atoms with van der Waals surface area (Å²) in [7, 11) is 0. The maximum absolute atomic E-state index is 10.0. The third-order valence-corrected chi connectivity index (χ3v) is 4.01. The summed E-state index contributed by atoms with van der Waals surface area (Å²) in [6.45, 7) is 0. The molecule has 1 aromatic heterocycles. The maximum atomic E-state index is 10.0. The Balaban J connectivity index is 2.12. The van der Waals surface area contributed by atoms with E-state index in [0.717, 1.165) is 22.7 Å². The smallest absolute Gasteiger partial charge is 0.0986 e. The molecule has 0 spiro atoms. The fourth-order valence-electron chi connectivity index (χ4n) is 2.04. The molecule has 2 rings (SSSR count). The van der Waals surface area contributed by atoms with Crippen LogP contribution >= 0.6 is 22.9 Å². The number of hydrogen-bond donors (Lipinski definition) is 1. The molecule has 3 heteroatoms. The zero-order valence-electron chi connectivity index (χ0n) is 7.37. The van der Waals surface area contributed by atoms with Gasteiger partial charge in [-0.25, -0.2) is 0 Å². The number of hydrogen-bond acceptors (Lipinski definition) is 2. The summed E-state index contributed by atoms with van der Waals surface area (Å²) in [5.74, 6) is 0.437. The molecule has 0 bridgehead atoms. The van der Waals surface area contributed by atoms with Crippen molar-refractivity contribution in [2.24, 2.45) is 5.92 Å². The lowest BCUT2D eigenvalue weighted by molar-refractivity contribution is 0.112. The van der Waals surface area contributed by atoms with Gasteiger partial charge in [0.05, 0.1) is 10.4 Å². The van der Waals surface area contributed by atoms with E-state index in [2.05, 4.69) is 0 Å². The summed E-state index contributed by atoms with van der Waals surface area (Å²) in [5, 5.41) is 12.0. The van der Waals surface area contributed by atoms with Crippen molar-refractivity contribution in [2.45, 2.75) is 31.8 Å². The highest BCUT2D eigenvalue weighted by molar-refractivity contribution is 7.14. The van der Waals surface area contributed by atoms with Crippen molar-refractivity contribution in [3.8, 4) is 0 Å². The summed E-state index contributed by atoms with van der Waals surface area (Å²) < 4.78 is 0.749. The van der Waals surface area contributed by atoms with Gasteiger partial charge in [0.15, 0.2) is 0 Å². The second kappa shape index (κ2) is 3.99. The van der Waals surface area contributed by atoms with Gasteiger partial charge >= 0.3 is 0 Å². The number of aliphatic hydroxyl groups excluding tert-OH is 1. The lowest BCUT2D eigenvalue weighted by Gasteiger charge is -2.16. The van der Waals surface area contributed by atoms with Crippen LogP contribution in [-0.4, -0.2) is 5.11 Å². The van der Waals surface area contributed by atoms with Crippen LogP contribution in [0.4, 0.5) is 0 Å². The van der Waals surface area contributed by atoms with E-state index in [9.17, 15) is 5.11 Å². The Morgan fingerprint density at radius 3 is 2.69 bits per heavy atom. The summed E-state index contributed by atoms with van der Waals surface area (Å²) in [6.07, 6.45) is 4.47. The minimum absolute atomic E-state index is 0.332. The van der Waals surface area contributed by atoms with E-state index in [1.807, 2.05) is 11.4 Å². The van der Waals surface area contributed by atoms with Crippen molar-refractivity contribution in [1.82, 2.24) is 0 Å². The van der Waals surface area contributed by atoms with Crippen LogP contribution in [0.15, 0.2) is 11.4 Å². The minimum Gasteiger partial charge on any atom is -0.388 e. The van der Waals surface area contributed by atoms with E-state index < -0.39 is 0 Å². The van der Waals surface area contributed by atoms with Gasteiger partial charge in [-0.1, -0.05) is 24.4 Å². The van der Waals surface area contributed by atoms with Crippen molar-refractivity contribution in [2.75, 3.05) is 0 Å². The Labute approximate surface area is 87.4 Å². The van der Waals surface area contributed by atoms with Crippen LogP contribution in [0.5, 0.6) is 0 Å². The third-order valence-electron chi connectivity index (χ3n) is 2.81. The van der Waals surface area contributed by atoms with Crippen molar-refractivity contribution in [3.63, 3.8) is 0 Å². The van der Waals surface area contributed by atoms with Crippen molar-refractivity contribution in [3.05, 3.63) is 21.3 Å². The van der Waals surface area contributed by atoms with Gasteiger partial charge in [-0.3, -0.25) is 0 Å². The topological polar surface area (TPSA) is 20.2 Å². The molecule has 0 aliphatic heterocycles. The van der Waals surface area contributed by atoms with Gasteiger partial charge in [0.25, 0.3) is 0 Å². The van der Waals surface area contributed by atoms with Crippen LogP contribution in [0.25, 0.3) is 0 Å². The van der Waals surface area contributed by atoms with Gasteiger partial charge in [0.1, 0.15) is 0 Å². The Bertz CT molecular complexity index is 278. The first-order valence-electron chi connectivity index (χ1n) is 4.70. The first-order valence-corrected chi connectivity index (χ1v) is 5.96. The van der Waals surface area contributed by atoms with Gasteiger partial charge in [-0.2, -0.15) is 0 Å². The molecule has 0 saturated heterocycles. The highest BCUT2D eigenvalue weighted by Gasteiger charge is 2.26. The molecule has 1 heterocycles. The Kier molecular flexibility index (Phi) is 2.92. The van der Waals surface area contributed by atoms with Gasteiger partial charge in [0, 0.05) is 5.56 Å². The molecule has 1 N–H and O–H groups in total. The van der Waals surface area contributed by atoms with Crippen molar-refractivity contribution in [1.29, 1.82) is 0 Å². The number of halogens is 1. The SMILES string of the molecule is OC(c1ccsc1Cl)C1CCCC1. The molecule has 1 atom stereocenters. The van der Waals surface area contributed by atoms with E-state index >= 15 is 0 Å². The highest BCUT2D eigenvalue weighted by Crippen LogP contribution is 2.39. The van der Waals surface area contributed by atoms with Gasteiger partial charge in [-0.05, 0) is 30.2 Å². The molecule has 1 saturated carbocycles. The molecule has 0 radical (unpaired) electrons. The Morgan fingerprint density at radius 1 is 1.46 bits per heavy atom. The zero-order valence-corrected chi connectivity index (χ0v) is 8.94. The van der Waals surface area contributed by atoms with Crippen molar-refractivity contribution >= 4 is 22.9 Å². The molecule has 1 nitrogen and oxygen atoms in total. The number of rotatable bonds is 2. The maximum Gasteiger partial charge on any atom is 0.0986 e.